The summed E-state index contributed by atoms with van der Waals surface area (Å²) in [5.74, 6) is -2.11. The van der Waals surface area contributed by atoms with E-state index in [-0.39, 0.29) is 24.6 Å². The number of carbonyl (C=O) groups is 2. The van der Waals surface area contributed by atoms with Gasteiger partial charge in [0.2, 0.25) is 11.8 Å². The Morgan fingerprint density at radius 2 is 1.92 bits per heavy atom. The van der Waals surface area contributed by atoms with Crippen molar-refractivity contribution in [1.29, 1.82) is 0 Å². The SMILES string of the molecule is CCCN1CC(=O)N(Cc2cccc(C(F)(F)F)c2F)[C@H](C)C1=O. The van der Waals surface area contributed by atoms with Crippen molar-refractivity contribution < 1.29 is 27.2 Å². The largest absolute Gasteiger partial charge is 0.419 e. The molecular formula is C16H18F4N2O2. The van der Waals surface area contributed by atoms with Crippen LogP contribution in [0.15, 0.2) is 18.2 Å². The molecule has 2 amide bonds. The van der Waals surface area contributed by atoms with Crippen molar-refractivity contribution in [2.45, 2.75) is 39.0 Å². The van der Waals surface area contributed by atoms with Crippen molar-refractivity contribution in [3.05, 3.63) is 35.1 Å². The van der Waals surface area contributed by atoms with Crippen molar-refractivity contribution in [2.75, 3.05) is 13.1 Å². The van der Waals surface area contributed by atoms with E-state index in [1.807, 2.05) is 6.92 Å². The number of nitrogens with zero attached hydrogens (tertiary/aromatic N) is 2. The zero-order valence-corrected chi connectivity index (χ0v) is 13.4. The van der Waals surface area contributed by atoms with Crippen LogP contribution in [0.25, 0.3) is 0 Å². The molecule has 0 unspecified atom stereocenters. The van der Waals surface area contributed by atoms with Crippen molar-refractivity contribution in [3.63, 3.8) is 0 Å². The van der Waals surface area contributed by atoms with E-state index in [9.17, 15) is 27.2 Å². The second kappa shape index (κ2) is 6.78. The summed E-state index contributed by atoms with van der Waals surface area (Å²) in [7, 11) is 0. The van der Waals surface area contributed by atoms with Gasteiger partial charge in [-0.15, -0.1) is 0 Å². The third kappa shape index (κ3) is 3.52. The van der Waals surface area contributed by atoms with Crippen molar-refractivity contribution >= 4 is 11.8 Å². The predicted octanol–water partition coefficient (Wildman–Crippen LogP) is 2.81. The predicted molar refractivity (Wildman–Crippen MR) is 78.3 cm³/mol. The first-order valence-corrected chi connectivity index (χ1v) is 7.59. The Bertz CT molecular complexity index is 645. The fourth-order valence-electron chi connectivity index (χ4n) is 2.73. The van der Waals surface area contributed by atoms with E-state index in [2.05, 4.69) is 0 Å². The molecule has 1 aromatic rings. The molecule has 0 N–H and O–H groups in total. The maximum Gasteiger partial charge on any atom is 0.419 e. The van der Waals surface area contributed by atoms with Crippen molar-refractivity contribution in [1.82, 2.24) is 9.80 Å². The Hall–Kier alpha value is -2.12. The average molecular weight is 346 g/mol. The number of halogens is 4. The molecule has 1 aromatic carbocycles. The molecule has 8 heteroatoms. The van der Waals surface area contributed by atoms with Gasteiger partial charge in [0.15, 0.2) is 0 Å². The number of alkyl halides is 3. The quantitative estimate of drug-likeness (QED) is 0.787. The number of hydrogen-bond donors (Lipinski definition) is 0. The third-order valence-electron chi connectivity index (χ3n) is 4.00. The molecule has 1 saturated heterocycles. The fraction of sp³-hybridized carbons (Fsp3) is 0.500. The van der Waals surface area contributed by atoms with E-state index >= 15 is 0 Å². The first-order chi connectivity index (χ1) is 11.2. The zero-order chi connectivity index (χ0) is 18.1. The summed E-state index contributed by atoms with van der Waals surface area (Å²) in [6.45, 7) is 3.28. The van der Waals surface area contributed by atoms with Gasteiger partial charge in [-0.05, 0) is 19.4 Å². The molecule has 1 heterocycles. The molecule has 132 valence electrons. The molecule has 4 nitrogen and oxygen atoms in total. The Morgan fingerprint density at radius 1 is 1.25 bits per heavy atom. The molecule has 1 aliphatic heterocycles. The summed E-state index contributed by atoms with van der Waals surface area (Å²) in [5, 5.41) is 0. The summed E-state index contributed by atoms with van der Waals surface area (Å²) in [6.07, 6.45) is -4.13. The Labute approximate surface area is 137 Å². The molecule has 1 atom stereocenters. The standard InChI is InChI=1S/C16H18F4N2O2/c1-3-7-21-9-13(23)22(10(2)15(21)24)8-11-5-4-6-12(14(11)17)16(18,19)20/h4-6,10H,3,7-9H2,1-2H3/t10-/m1/s1. The highest BCUT2D eigenvalue weighted by molar-refractivity contribution is 5.94. The van der Waals surface area contributed by atoms with Crippen LogP contribution in [0.5, 0.6) is 0 Å². The summed E-state index contributed by atoms with van der Waals surface area (Å²) >= 11 is 0. The molecular weight excluding hydrogens is 328 g/mol. The molecule has 0 aromatic heterocycles. The van der Waals surface area contributed by atoms with Gasteiger partial charge in [0.1, 0.15) is 11.9 Å². The minimum atomic E-state index is -4.81. The molecule has 1 fully saturated rings. The summed E-state index contributed by atoms with van der Waals surface area (Å²) in [5.41, 5.74) is -1.64. The molecule has 2 rings (SSSR count). The third-order valence-corrected chi connectivity index (χ3v) is 4.00. The van der Waals surface area contributed by atoms with Crippen molar-refractivity contribution in [2.24, 2.45) is 0 Å². The van der Waals surface area contributed by atoms with Crippen LogP contribution in [-0.2, 0) is 22.3 Å². The number of hydrogen-bond acceptors (Lipinski definition) is 2. The zero-order valence-electron chi connectivity index (χ0n) is 13.4. The maximum absolute atomic E-state index is 14.1. The second-order valence-corrected chi connectivity index (χ2v) is 5.73. The van der Waals surface area contributed by atoms with Crippen LogP contribution in [0, 0.1) is 5.82 Å². The number of carbonyl (C=O) groups excluding carboxylic acids is 2. The summed E-state index contributed by atoms with van der Waals surface area (Å²) in [6, 6.07) is 2.08. The van der Waals surface area contributed by atoms with E-state index in [1.165, 1.54) is 17.9 Å². The topological polar surface area (TPSA) is 40.6 Å². The van der Waals surface area contributed by atoms with Gasteiger partial charge in [-0.25, -0.2) is 4.39 Å². The average Bonchev–Trinajstić information content (AvgIpc) is 2.49. The molecule has 0 radical (unpaired) electrons. The van der Waals surface area contributed by atoms with E-state index in [0.29, 0.717) is 19.0 Å². The smallest absolute Gasteiger partial charge is 0.332 e. The molecule has 24 heavy (non-hydrogen) atoms. The van der Waals surface area contributed by atoms with Crippen LogP contribution in [0.3, 0.4) is 0 Å². The lowest BCUT2D eigenvalue weighted by molar-refractivity contribution is -0.155. The first-order valence-electron chi connectivity index (χ1n) is 7.59. The highest BCUT2D eigenvalue weighted by Crippen LogP contribution is 2.33. The van der Waals surface area contributed by atoms with Crippen LogP contribution in [0.2, 0.25) is 0 Å². The minimum absolute atomic E-state index is 0.141. The summed E-state index contributed by atoms with van der Waals surface area (Å²) < 4.78 is 52.5. The van der Waals surface area contributed by atoms with Gasteiger partial charge >= 0.3 is 6.18 Å². The second-order valence-electron chi connectivity index (χ2n) is 5.73. The van der Waals surface area contributed by atoms with Crippen LogP contribution in [0.1, 0.15) is 31.4 Å². The maximum atomic E-state index is 14.1. The van der Waals surface area contributed by atoms with E-state index < -0.39 is 29.5 Å². The van der Waals surface area contributed by atoms with Crippen LogP contribution in [0.4, 0.5) is 17.6 Å². The van der Waals surface area contributed by atoms with Gasteiger partial charge < -0.3 is 9.80 Å². The Balaban J connectivity index is 2.25. The van der Waals surface area contributed by atoms with Crippen LogP contribution in [-0.4, -0.2) is 40.7 Å². The van der Waals surface area contributed by atoms with Gasteiger partial charge in [0.05, 0.1) is 12.1 Å². The monoisotopic (exact) mass is 346 g/mol. The molecule has 1 aliphatic rings. The molecule has 0 saturated carbocycles. The first kappa shape index (κ1) is 18.2. The normalized spacial score (nSPS) is 19.2. The molecule has 0 bridgehead atoms. The Morgan fingerprint density at radius 3 is 2.50 bits per heavy atom. The van der Waals surface area contributed by atoms with E-state index in [0.717, 1.165) is 11.0 Å². The molecule has 0 spiro atoms. The minimum Gasteiger partial charge on any atom is -0.332 e. The van der Waals surface area contributed by atoms with Gasteiger partial charge in [-0.1, -0.05) is 19.1 Å². The number of amides is 2. The number of piperazine rings is 1. The van der Waals surface area contributed by atoms with Gasteiger partial charge in [0.25, 0.3) is 0 Å². The molecule has 0 aliphatic carbocycles. The number of benzene rings is 1. The van der Waals surface area contributed by atoms with Crippen LogP contribution < -0.4 is 0 Å². The van der Waals surface area contributed by atoms with Gasteiger partial charge in [-0.2, -0.15) is 13.2 Å². The highest BCUT2D eigenvalue weighted by Gasteiger charge is 2.38. The van der Waals surface area contributed by atoms with E-state index in [1.54, 1.807) is 0 Å². The van der Waals surface area contributed by atoms with Crippen molar-refractivity contribution in [3.8, 4) is 0 Å². The lowest BCUT2D eigenvalue weighted by Crippen LogP contribution is -2.58. The van der Waals surface area contributed by atoms with Gasteiger partial charge in [-0.3, -0.25) is 9.59 Å². The fourth-order valence-corrected chi connectivity index (χ4v) is 2.73. The lowest BCUT2D eigenvalue weighted by atomic mass is 10.1. The van der Waals surface area contributed by atoms with E-state index in [4.69, 9.17) is 0 Å². The van der Waals surface area contributed by atoms with Crippen LogP contribution >= 0.6 is 0 Å². The Kier molecular flexibility index (Phi) is 5.15. The lowest BCUT2D eigenvalue weighted by Gasteiger charge is -2.38. The summed E-state index contributed by atoms with van der Waals surface area (Å²) in [4.78, 5) is 27.0. The number of rotatable bonds is 4. The van der Waals surface area contributed by atoms with Gasteiger partial charge in [0, 0.05) is 18.7 Å². The highest BCUT2D eigenvalue weighted by atomic mass is 19.4.